The third kappa shape index (κ3) is 3.32. The number of carbonyl (C=O) groups is 2. The maximum absolute atomic E-state index is 12.5. The molecular weight excluding hydrogens is 308 g/mol. The van der Waals surface area contributed by atoms with Gasteiger partial charge in [-0.1, -0.05) is 0 Å². The number of nitrogens with one attached hydrogen (secondary N) is 2. The Balaban J connectivity index is 1.58. The molecule has 2 N–H and O–H groups in total. The number of aromatic nitrogens is 4. The van der Waals surface area contributed by atoms with Crippen molar-refractivity contribution in [2.45, 2.75) is 39.3 Å². The van der Waals surface area contributed by atoms with Gasteiger partial charge in [-0.3, -0.25) is 19.4 Å². The smallest absolute Gasteiger partial charge is 0.274 e. The van der Waals surface area contributed by atoms with E-state index in [1.54, 1.807) is 21.7 Å². The zero-order chi connectivity index (χ0) is 17.3. The standard InChI is InChI=1S/C16H22N6O2/c1-10(2)22-7-5-13(20-22)16(24)21-6-4-12(9-21)17-15(23)14-8-11(3)18-19-14/h5,7-8,10,12H,4,6,9H2,1-3H3,(H,17,23)(H,18,19). The number of hydrogen-bond donors (Lipinski definition) is 2. The molecule has 3 heterocycles. The van der Waals surface area contributed by atoms with Gasteiger partial charge in [-0.2, -0.15) is 10.2 Å². The SMILES string of the molecule is Cc1cc(C(=O)NC2CCN(C(=O)c3ccn(C(C)C)n3)C2)n[nH]1. The van der Waals surface area contributed by atoms with Gasteiger partial charge in [0.15, 0.2) is 0 Å². The minimum absolute atomic E-state index is 0.0642. The van der Waals surface area contributed by atoms with Crippen LogP contribution in [0, 0.1) is 6.92 Å². The van der Waals surface area contributed by atoms with Crippen molar-refractivity contribution < 1.29 is 9.59 Å². The number of aromatic amines is 1. The van der Waals surface area contributed by atoms with Crippen LogP contribution in [-0.4, -0.2) is 55.8 Å². The molecule has 128 valence electrons. The Morgan fingerprint density at radius 1 is 1.38 bits per heavy atom. The first kappa shape index (κ1) is 16.2. The molecule has 0 radical (unpaired) electrons. The molecule has 1 atom stereocenters. The van der Waals surface area contributed by atoms with E-state index in [-0.39, 0.29) is 23.9 Å². The van der Waals surface area contributed by atoms with Crippen LogP contribution in [0.25, 0.3) is 0 Å². The van der Waals surface area contributed by atoms with Crippen LogP contribution in [0.1, 0.15) is 53.0 Å². The summed E-state index contributed by atoms with van der Waals surface area (Å²) in [5.41, 5.74) is 1.65. The zero-order valence-electron chi connectivity index (χ0n) is 14.1. The van der Waals surface area contributed by atoms with E-state index in [1.807, 2.05) is 27.0 Å². The highest BCUT2D eigenvalue weighted by Crippen LogP contribution is 2.14. The first-order valence-corrected chi connectivity index (χ1v) is 8.11. The lowest BCUT2D eigenvalue weighted by Crippen LogP contribution is -2.38. The van der Waals surface area contributed by atoms with Gasteiger partial charge in [0.1, 0.15) is 11.4 Å². The van der Waals surface area contributed by atoms with Crippen molar-refractivity contribution in [1.82, 2.24) is 30.2 Å². The fourth-order valence-electron chi connectivity index (χ4n) is 2.76. The van der Waals surface area contributed by atoms with E-state index in [0.29, 0.717) is 24.5 Å². The molecule has 1 saturated heterocycles. The van der Waals surface area contributed by atoms with E-state index in [0.717, 1.165) is 12.1 Å². The molecule has 2 aromatic rings. The number of nitrogens with zero attached hydrogens (tertiary/aromatic N) is 4. The molecule has 0 spiro atoms. The predicted octanol–water partition coefficient (Wildman–Crippen LogP) is 1.14. The van der Waals surface area contributed by atoms with Crippen LogP contribution in [-0.2, 0) is 0 Å². The maximum Gasteiger partial charge on any atom is 0.274 e. The summed E-state index contributed by atoms with van der Waals surface area (Å²) in [5.74, 6) is -0.315. The van der Waals surface area contributed by atoms with Crippen LogP contribution in [0.15, 0.2) is 18.3 Å². The molecule has 0 bridgehead atoms. The zero-order valence-corrected chi connectivity index (χ0v) is 14.1. The second-order valence-electron chi connectivity index (χ2n) is 6.42. The van der Waals surface area contributed by atoms with Crippen LogP contribution in [0.4, 0.5) is 0 Å². The topological polar surface area (TPSA) is 95.9 Å². The van der Waals surface area contributed by atoms with Crippen molar-refractivity contribution in [3.8, 4) is 0 Å². The van der Waals surface area contributed by atoms with E-state index >= 15 is 0 Å². The van der Waals surface area contributed by atoms with Gasteiger partial charge in [-0.25, -0.2) is 0 Å². The predicted molar refractivity (Wildman–Crippen MR) is 87.7 cm³/mol. The number of likely N-dealkylation sites (tertiary alicyclic amines) is 1. The van der Waals surface area contributed by atoms with Crippen molar-refractivity contribution in [2.75, 3.05) is 13.1 Å². The van der Waals surface area contributed by atoms with E-state index in [2.05, 4.69) is 20.6 Å². The second kappa shape index (κ2) is 6.46. The van der Waals surface area contributed by atoms with E-state index < -0.39 is 0 Å². The van der Waals surface area contributed by atoms with Crippen molar-refractivity contribution in [3.05, 3.63) is 35.4 Å². The largest absolute Gasteiger partial charge is 0.346 e. The van der Waals surface area contributed by atoms with Gasteiger partial charge >= 0.3 is 0 Å². The summed E-state index contributed by atoms with van der Waals surface area (Å²) in [4.78, 5) is 26.4. The quantitative estimate of drug-likeness (QED) is 0.878. The Bertz CT molecular complexity index is 747. The Morgan fingerprint density at radius 3 is 2.79 bits per heavy atom. The van der Waals surface area contributed by atoms with Crippen LogP contribution >= 0.6 is 0 Å². The van der Waals surface area contributed by atoms with Crippen molar-refractivity contribution >= 4 is 11.8 Å². The molecule has 2 amide bonds. The number of aryl methyl sites for hydroxylation is 1. The molecule has 0 aromatic carbocycles. The average molecular weight is 330 g/mol. The summed E-state index contributed by atoms with van der Waals surface area (Å²) in [6, 6.07) is 3.59. The third-order valence-corrected chi connectivity index (χ3v) is 4.11. The van der Waals surface area contributed by atoms with E-state index in [1.165, 1.54) is 0 Å². The van der Waals surface area contributed by atoms with Gasteiger partial charge in [-0.05, 0) is 39.3 Å². The van der Waals surface area contributed by atoms with Crippen LogP contribution in [0.2, 0.25) is 0 Å². The molecule has 24 heavy (non-hydrogen) atoms. The monoisotopic (exact) mass is 330 g/mol. The first-order valence-electron chi connectivity index (χ1n) is 8.11. The second-order valence-corrected chi connectivity index (χ2v) is 6.42. The van der Waals surface area contributed by atoms with Crippen LogP contribution < -0.4 is 5.32 Å². The van der Waals surface area contributed by atoms with Gasteiger partial charge in [0.25, 0.3) is 11.8 Å². The maximum atomic E-state index is 12.5. The van der Waals surface area contributed by atoms with Crippen molar-refractivity contribution in [3.63, 3.8) is 0 Å². The highest BCUT2D eigenvalue weighted by molar-refractivity contribution is 5.93. The summed E-state index contributed by atoms with van der Waals surface area (Å²) in [7, 11) is 0. The lowest BCUT2D eigenvalue weighted by Gasteiger charge is -2.15. The molecule has 8 heteroatoms. The lowest BCUT2D eigenvalue weighted by atomic mass is 10.2. The van der Waals surface area contributed by atoms with Crippen molar-refractivity contribution in [1.29, 1.82) is 0 Å². The molecule has 0 saturated carbocycles. The van der Waals surface area contributed by atoms with Crippen LogP contribution in [0.5, 0.6) is 0 Å². The number of carbonyl (C=O) groups excluding carboxylic acids is 2. The third-order valence-electron chi connectivity index (χ3n) is 4.11. The molecule has 1 aliphatic heterocycles. The van der Waals surface area contributed by atoms with E-state index in [9.17, 15) is 9.59 Å². The highest BCUT2D eigenvalue weighted by atomic mass is 16.2. The molecule has 2 aromatic heterocycles. The molecule has 1 fully saturated rings. The highest BCUT2D eigenvalue weighted by Gasteiger charge is 2.29. The normalized spacial score (nSPS) is 17.5. The minimum atomic E-state index is -0.220. The number of H-pyrrole nitrogens is 1. The number of hydrogen-bond acceptors (Lipinski definition) is 4. The Kier molecular flexibility index (Phi) is 4.37. The molecule has 8 nitrogen and oxygen atoms in total. The minimum Gasteiger partial charge on any atom is -0.346 e. The number of rotatable bonds is 4. The fourth-order valence-corrected chi connectivity index (χ4v) is 2.76. The van der Waals surface area contributed by atoms with Gasteiger partial charge in [-0.15, -0.1) is 0 Å². The average Bonchev–Trinajstić information content (AvgIpc) is 3.26. The summed E-state index contributed by atoms with van der Waals surface area (Å²) in [6.45, 7) is 6.97. The van der Waals surface area contributed by atoms with E-state index in [4.69, 9.17) is 0 Å². The molecule has 1 aliphatic rings. The number of amides is 2. The van der Waals surface area contributed by atoms with Crippen molar-refractivity contribution in [2.24, 2.45) is 0 Å². The molecule has 3 rings (SSSR count). The fraction of sp³-hybridized carbons (Fsp3) is 0.500. The first-order chi connectivity index (χ1) is 11.4. The van der Waals surface area contributed by atoms with Gasteiger partial charge < -0.3 is 10.2 Å². The summed E-state index contributed by atoms with van der Waals surface area (Å²) < 4.78 is 1.77. The van der Waals surface area contributed by atoms with Crippen LogP contribution in [0.3, 0.4) is 0 Å². The molecule has 1 unspecified atom stereocenters. The van der Waals surface area contributed by atoms with Gasteiger partial charge in [0.2, 0.25) is 0 Å². The van der Waals surface area contributed by atoms with Gasteiger partial charge in [0, 0.05) is 37.1 Å². The Hall–Kier alpha value is -2.64. The summed E-state index contributed by atoms with van der Waals surface area (Å²) in [5, 5.41) is 13.9. The summed E-state index contributed by atoms with van der Waals surface area (Å²) in [6.07, 6.45) is 2.54. The Labute approximate surface area is 140 Å². The van der Waals surface area contributed by atoms with Gasteiger partial charge in [0.05, 0.1) is 0 Å². The molecule has 0 aliphatic carbocycles. The Morgan fingerprint density at radius 2 is 2.17 bits per heavy atom. The summed E-state index contributed by atoms with van der Waals surface area (Å²) >= 11 is 0. The molecular formula is C16H22N6O2. The lowest BCUT2D eigenvalue weighted by molar-refractivity contribution is 0.0776.